The minimum Gasteiger partial charge on any atom is -0.386 e. The van der Waals surface area contributed by atoms with Gasteiger partial charge in [-0.25, -0.2) is 0 Å². The normalized spacial score (nSPS) is 15.8. The molecular weight excluding hydrogens is 248 g/mol. The van der Waals surface area contributed by atoms with E-state index in [1.54, 1.807) is 0 Å². The summed E-state index contributed by atoms with van der Waals surface area (Å²) >= 11 is 0. The van der Waals surface area contributed by atoms with Crippen LogP contribution in [0.15, 0.2) is 30.3 Å². The average Bonchev–Trinajstić information content (AvgIpc) is 2.49. The van der Waals surface area contributed by atoms with E-state index < -0.39 is 6.10 Å². The highest BCUT2D eigenvalue weighted by molar-refractivity contribution is 5.18. The third-order valence-electron chi connectivity index (χ3n) is 3.77. The van der Waals surface area contributed by atoms with Crippen LogP contribution >= 0.6 is 0 Å². The molecule has 114 valence electrons. The third kappa shape index (κ3) is 6.06. The molecule has 0 heterocycles. The van der Waals surface area contributed by atoms with E-state index >= 15 is 0 Å². The van der Waals surface area contributed by atoms with Crippen molar-refractivity contribution < 1.29 is 9.84 Å². The van der Waals surface area contributed by atoms with Gasteiger partial charge in [-0.05, 0) is 25.3 Å². The molecule has 0 aliphatic heterocycles. The van der Waals surface area contributed by atoms with Crippen molar-refractivity contribution in [3.05, 3.63) is 35.9 Å². The molecule has 2 nitrogen and oxygen atoms in total. The number of aliphatic hydroxyl groups excluding tert-OH is 1. The van der Waals surface area contributed by atoms with Gasteiger partial charge in [-0.2, -0.15) is 0 Å². The molecule has 0 saturated heterocycles. The fraction of sp³-hybridized carbons (Fsp3) is 0.667. The molecule has 20 heavy (non-hydrogen) atoms. The second-order valence-corrected chi connectivity index (χ2v) is 5.60. The largest absolute Gasteiger partial charge is 0.386 e. The van der Waals surface area contributed by atoms with Gasteiger partial charge in [0.1, 0.15) is 6.10 Å². The minimum atomic E-state index is -0.528. The van der Waals surface area contributed by atoms with Crippen molar-refractivity contribution in [2.24, 2.45) is 0 Å². The molecule has 3 atom stereocenters. The Labute approximate surface area is 124 Å². The monoisotopic (exact) mass is 278 g/mol. The van der Waals surface area contributed by atoms with Crippen LogP contribution in [0.2, 0.25) is 0 Å². The van der Waals surface area contributed by atoms with Crippen molar-refractivity contribution in [1.29, 1.82) is 0 Å². The van der Waals surface area contributed by atoms with Gasteiger partial charge in [-0.15, -0.1) is 0 Å². The van der Waals surface area contributed by atoms with Gasteiger partial charge in [-0.1, -0.05) is 69.9 Å². The Bertz CT molecular complexity index is 337. The summed E-state index contributed by atoms with van der Waals surface area (Å²) in [5, 5.41) is 10.4. The zero-order chi connectivity index (χ0) is 14.8. The number of hydrogen-bond acceptors (Lipinski definition) is 2. The van der Waals surface area contributed by atoms with E-state index in [9.17, 15) is 5.11 Å². The predicted molar refractivity (Wildman–Crippen MR) is 84.8 cm³/mol. The zero-order valence-electron chi connectivity index (χ0n) is 13.2. The van der Waals surface area contributed by atoms with Crippen molar-refractivity contribution in [3.63, 3.8) is 0 Å². The summed E-state index contributed by atoms with van der Waals surface area (Å²) in [6.45, 7) is 6.41. The van der Waals surface area contributed by atoms with E-state index in [0.29, 0.717) is 0 Å². The lowest BCUT2D eigenvalue weighted by molar-refractivity contribution is -0.0765. The fourth-order valence-electron chi connectivity index (χ4n) is 2.48. The van der Waals surface area contributed by atoms with Crippen LogP contribution in [0.25, 0.3) is 0 Å². The lowest BCUT2D eigenvalue weighted by Crippen LogP contribution is -2.26. The number of rotatable bonds is 10. The molecule has 1 N–H and O–H groups in total. The molecule has 2 heteroatoms. The molecule has 0 bridgehead atoms. The lowest BCUT2D eigenvalue weighted by atomic mass is 10.0. The molecule has 0 aromatic heterocycles. The Hall–Kier alpha value is -0.860. The van der Waals surface area contributed by atoms with Crippen molar-refractivity contribution in [1.82, 2.24) is 0 Å². The van der Waals surface area contributed by atoms with E-state index in [0.717, 1.165) is 18.4 Å². The standard InChI is InChI=1S/C18H30O2/c1-4-6-7-9-12-15(3)20-17(5-2)18(19)16-13-10-8-11-14-16/h8,10-11,13-15,17-19H,4-7,9,12H2,1-3H3. The second-order valence-electron chi connectivity index (χ2n) is 5.60. The maximum atomic E-state index is 10.4. The highest BCUT2D eigenvalue weighted by Crippen LogP contribution is 2.23. The number of hydrogen-bond donors (Lipinski definition) is 1. The average molecular weight is 278 g/mol. The van der Waals surface area contributed by atoms with Gasteiger partial charge >= 0.3 is 0 Å². The summed E-state index contributed by atoms with van der Waals surface area (Å²) in [6.07, 6.45) is 6.55. The minimum absolute atomic E-state index is 0.112. The van der Waals surface area contributed by atoms with Crippen molar-refractivity contribution in [2.75, 3.05) is 0 Å². The van der Waals surface area contributed by atoms with Crippen molar-refractivity contribution in [3.8, 4) is 0 Å². The topological polar surface area (TPSA) is 29.5 Å². The summed E-state index contributed by atoms with van der Waals surface area (Å²) in [7, 11) is 0. The van der Waals surface area contributed by atoms with Crippen LogP contribution < -0.4 is 0 Å². The molecule has 1 aromatic rings. The van der Waals surface area contributed by atoms with Crippen LogP contribution in [0.5, 0.6) is 0 Å². The highest BCUT2D eigenvalue weighted by atomic mass is 16.5. The molecule has 1 rings (SSSR count). The maximum Gasteiger partial charge on any atom is 0.105 e. The Kier molecular flexibility index (Phi) is 8.56. The van der Waals surface area contributed by atoms with Gasteiger partial charge in [-0.3, -0.25) is 0 Å². The zero-order valence-corrected chi connectivity index (χ0v) is 13.2. The molecular formula is C18H30O2. The first-order valence-electron chi connectivity index (χ1n) is 8.07. The van der Waals surface area contributed by atoms with Crippen molar-refractivity contribution >= 4 is 0 Å². The first-order chi connectivity index (χ1) is 9.69. The third-order valence-corrected chi connectivity index (χ3v) is 3.77. The van der Waals surface area contributed by atoms with Crippen LogP contribution in [0.4, 0.5) is 0 Å². The molecule has 0 saturated carbocycles. The predicted octanol–water partition coefficient (Wildman–Crippen LogP) is 4.87. The van der Waals surface area contributed by atoms with Gasteiger partial charge in [0.05, 0.1) is 12.2 Å². The van der Waals surface area contributed by atoms with Gasteiger partial charge in [0.15, 0.2) is 0 Å². The van der Waals surface area contributed by atoms with E-state index in [-0.39, 0.29) is 12.2 Å². The van der Waals surface area contributed by atoms with Gasteiger partial charge in [0.25, 0.3) is 0 Å². The van der Waals surface area contributed by atoms with Crippen molar-refractivity contribution in [2.45, 2.75) is 77.6 Å². The van der Waals surface area contributed by atoms with E-state index in [2.05, 4.69) is 20.8 Å². The number of benzene rings is 1. The Morgan fingerprint density at radius 1 is 1.05 bits per heavy atom. The van der Waals surface area contributed by atoms with E-state index in [1.165, 1.54) is 25.7 Å². The summed E-state index contributed by atoms with van der Waals surface area (Å²) in [5.41, 5.74) is 0.942. The second kappa shape index (κ2) is 9.95. The maximum absolute atomic E-state index is 10.4. The molecule has 0 spiro atoms. The SMILES string of the molecule is CCCCCCC(C)OC(CC)C(O)c1ccccc1. The molecule has 3 unspecified atom stereocenters. The van der Waals surface area contributed by atoms with Crippen LogP contribution in [-0.4, -0.2) is 17.3 Å². The molecule has 0 aliphatic rings. The summed E-state index contributed by atoms with van der Waals surface area (Å²) < 4.78 is 6.05. The molecule has 1 aromatic carbocycles. The Morgan fingerprint density at radius 2 is 1.75 bits per heavy atom. The molecule has 0 amide bonds. The van der Waals surface area contributed by atoms with Gasteiger partial charge < -0.3 is 9.84 Å². The van der Waals surface area contributed by atoms with Gasteiger partial charge in [0, 0.05) is 0 Å². The van der Waals surface area contributed by atoms with Crippen LogP contribution in [-0.2, 0) is 4.74 Å². The smallest absolute Gasteiger partial charge is 0.105 e. The van der Waals surface area contributed by atoms with Crippen LogP contribution in [0, 0.1) is 0 Å². The Balaban J connectivity index is 2.42. The van der Waals surface area contributed by atoms with Crippen LogP contribution in [0.3, 0.4) is 0 Å². The molecule has 0 radical (unpaired) electrons. The van der Waals surface area contributed by atoms with Crippen LogP contribution in [0.1, 0.15) is 71.0 Å². The van der Waals surface area contributed by atoms with E-state index in [1.807, 2.05) is 30.3 Å². The quantitative estimate of drug-likeness (QED) is 0.618. The number of unbranched alkanes of at least 4 members (excludes halogenated alkanes) is 3. The van der Waals surface area contributed by atoms with E-state index in [4.69, 9.17) is 4.74 Å². The van der Waals surface area contributed by atoms with Gasteiger partial charge in [0.2, 0.25) is 0 Å². The fourth-order valence-corrected chi connectivity index (χ4v) is 2.48. The summed E-state index contributed by atoms with van der Waals surface area (Å²) in [4.78, 5) is 0. The number of aliphatic hydroxyl groups is 1. The highest BCUT2D eigenvalue weighted by Gasteiger charge is 2.21. The first-order valence-corrected chi connectivity index (χ1v) is 8.07. The number of ether oxygens (including phenoxy) is 1. The summed E-state index contributed by atoms with van der Waals surface area (Å²) in [5.74, 6) is 0. The lowest BCUT2D eigenvalue weighted by Gasteiger charge is -2.26. The summed E-state index contributed by atoms with van der Waals surface area (Å²) in [6, 6.07) is 9.80. The molecule has 0 aliphatic carbocycles. The first kappa shape index (κ1) is 17.2. The molecule has 0 fully saturated rings. The Morgan fingerprint density at radius 3 is 2.35 bits per heavy atom.